The van der Waals surface area contributed by atoms with Crippen molar-refractivity contribution >= 4 is 22.4 Å². The fourth-order valence-corrected chi connectivity index (χ4v) is 2.85. The van der Waals surface area contributed by atoms with Crippen LogP contribution in [-0.2, 0) is 0 Å². The Morgan fingerprint density at radius 2 is 1.93 bits per heavy atom. The highest BCUT2D eigenvalue weighted by atomic mass is 16.5. The Balaban J connectivity index is 1.87. The highest BCUT2D eigenvalue weighted by molar-refractivity contribution is 5.97. The van der Waals surface area contributed by atoms with E-state index in [1.165, 1.54) is 0 Å². The summed E-state index contributed by atoms with van der Waals surface area (Å²) >= 11 is 0. The molecule has 0 saturated carbocycles. The molecule has 0 unspecified atom stereocenters. The molecule has 0 radical (unpaired) electrons. The van der Waals surface area contributed by atoms with Crippen LogP contribution >= 0.6 is 0 Å². The van der Waals surface area contributed by atoms with Crippen LogP contribution in [0.3, 0.4) is 0 Å². The van der Waals surface area contributed by atoms with E-state index in [0.29, 0.717) is 35.1 Å². The van der Waals surface area contributed by atoms with Crippen LogP contribution < -0.4 is 15.6 Å². The van der Waals surface area contributed by atoms with E-state index in [0.717, 1.165) is 10.9 Å². The Kier molecular flexibility index (Phi) is 4.49. The van der Waals surface area contributed by atoms with Gasteiger partial charge in [-0.1, -0.05) is 6.07 Å². The van der Waals surface area contributed by atoms with Gasteiger partial charge >= 0.3 is 0 Å². The molecule has 0 spiro atoms. The highest BCUT2D eigenvalue weighted by Gasteiger charge is 2.14. The lowest BCUT2D eigenvalue weighted by molar-refractivity contribution is 0.340. The quantitative estimate of drug-likeness (QED) is 0.566. The summed E-state index contributed by atoms with van der Waals surface area (Å²) in [5, 5.41) is 4.36. The normalized spacial score (nSPS) is 10.7. The Hall–Kier alpha value is -3.74. The van der Waals surface area contributed by atoms with Crippen LogP contribution in [-0.4, -0.2) is 26.5 Å². The average molecular weight is 359 g/mol. The summed E-state index contributed by atoms with van der Waals surface area (Å²) < 4.78 is 5.70. The molecule has 0 amide bonds. The van der Waals surface area contributed by atoms with Gasteiger partial charge in [0.2, 0.25) is 0 Å². The second-order valence-corrected chi connectivity index (χ2v) is 5.77. The fourth-order valence-electron chi connectivity index (χ4n) is 2.85. The van der Waals surface area contributed by atoms with Crippen molar-refractivity contribution in [1.82, 2.24) is 19.9 Å². The Morgan fingerprint density at radius 1 is 1.04 bits per heavy atom. The molecule has 0 aliphatic rings. The van der Waals surface area contributed by atoms with Gasteiger partial charge in [-0.3, -0.25) is 9.78 Å². The van der Waals surface area contributed by atoms with Crippen molar-refractivity contribution in [2.75, 3.05) is 11.9 Å². The molecule has 4 rings (SSSR count). The summed E-state index contributed by atoms with van der Waals surface area (Å²) in [5.74, 6) is 1.91. The number of aromatic nitrogens is 4. The second kappa shape index (κ2) is 7.25. The summed E-state index contributed by atoms with van der Waals surface area (Å²) in [6.07, 6.45) is 6.59. The largest absolute Gasteiger partial charge is 0.492 e. The molecule has 2 N–H and O–H groups in total. The molecule has 0 fully saturated rings. The van der Waals surface area contributed by atoms with Crippen molar-refractivity contribution in [1.29, 1.82) is 0 Å². The fraction of sp³-hybridized carbons (Fsp3) is 0.100. The molecule has 0 atom stereocenters. The van der Waals surface area contributed by atoms with Crippen LogP contribution in [0.25, 0.3) is 22.0 Å². The summed E-state index contributed by atoms with van der Waals surface area (Å²) in [6, 6.07) is 11.1. The summed E-state index contributed by atoms with van der Waals surface area (Å²) in [7, 11) is 0. The van der Waals surface area contributed by atoms with Crippen LogP contribution in [0, 0.1) is 0 Å². The van der Waals surface area contributed by atoms with Crippen molar-refractivity contribution < 1.29 is 4.74 Å². The molecule has 0 aromatic carbocycles. The minimum absolute atomic E-state index is 0.209. The zero-order valence-electron chi connectivity index (χ0n) is 14.6. The lowest BCUT2D eigenvalue weighted by Gasteiger charge is -2.12. The molecule has 0 aliphatic heterocycles. The van der Waals surface area contributed by atoms with Gasteiger partial charge < -0.3 is 15.0 Å². The van der Waals surface area contributed by atoms with Crippen molar-refractivity contribution in [3.8, 4) is 17.0 Å². The summed E-state index contributed by atoms with van der Waals surface area (Å²) in [5.41, 5.74) is 1.22. The molecule has 27 heavy (non-hydrogen) atoms. The number of ether oxygens (including phenoxy) is 1. The van der Waals surface area contributed by atoms with E-state index in [2.05, 4.69) is 25.3 Å². The Labute approximate surface area is 155 Å². The van der Waals surface area contributed by atoms with Gasteiger partial charge in [0.25, 0.3) is 5.56 Å². The lowest BCUT2D eigenvalue weighted by atomic mass is 10.1. The van der Waals surface area contributed by atoms with E-state index in [-0.39, 0.29) is 5.56 Å². The number of H-pyrrole nitrogens is 1. The number of nitrogens with one attached hydrogen (secondary N) is 2. The first-order valence-electron chi connectivity index (χ1n) is 8.54. The molecular weight excluding hydrogens is 342 g/mol. The number of anilines is 2. The number of fused-ring (bicyclic) bond motifs is 1. The minimum Gasteiger partial charge on any atom is -0.492 e. The Bertz CT molecular complexity index is 1140. The monoisotopic (exact) mass is 359 g/mol. The van der Waals surface area contributed by atoms with Gasteiger partial charge in [0, 0.05) is 35.7 Å². The first-order valence-corrected chi connectivity index (χ1v) is 8.54. The predicted octanol–water partition coefficient (Wildman–Crippen LogP) is 3.52. The van der Waals surface area contributed by atoms with Crippen LogP contribution in [0.15, 0.2) is 66.0 Å². The van der Waals surface area contributed by atoms with Crippen LogP contribution in [0.2, 0.25) is 0 Å². The van der Waals surface area contributed by atoms with Crippen LogP contribution in [0.4, 0.5) is 11.6 Å². The number of hydrogen-bond acceptors (Lipinski definition) is 6. The maximum absolute atomic E-state index is 12.3. The predicted molar refractivity (Wildman–Crippen MR) is 104 cm³/mol. The van der Waals surface area contributed by atoms with Gasteiger partial charge in [0.15, 0.2) is 0 Å². The van der Waals surface area contributed by atoms with Gasteiger partial charge in [-0.2, -0.15) is 0 Å². The van der Waals surface area contributed by atoms with Crippen LogP contribution in [0.1, 0.15) is 6.92 Å². The van der Waals surface area contributed by atoms with Crippen molar-refractivity contribution in [2.24, 2.45) is 0 Å². The maximum atomic E-state index is 12.3. The maximum Gasteiger partial charge on any atom is 0.257 e. The van der Waals surface area contributed by atoms with Gasteiger partial charge in [-0.25, -0.2) is 9.97 Å². The van der Waals surface area contributed by atoms with E-state index < -0.39 is 0 Å². The molecule has 7 nitrogen and oxygen atoms in total. The van der Waals surface area contributed by atoms with E-state index in [4.69, 9.17) is 4.74 Å². The first kappa shape index (κ1) is 16.7. The number of aromatic amines is 1. The average Bonchev–Trinajstić information content (AvgIpc) is 2.70. The smallest absolute Gasteiger partial charge is 0.257 e. The van der Waals surface area contributed by atoms with Gasteiger partial charge in [-0.15, -0.1) is 0 Å². The van der Waals surface area contributed by atoms with Gasteiger partial charge in [-0.05, 0) is 37.3 Å². The molecule has 7 heteroatoms. The molecule has 4 aromatic heterocycles. The standard InChI is InChI=1S/C20H17N5O2/c1-2-27-16-6-5-9-22-19(16)14-11-24-20(26)15-12-23-18(10-13(14)15)25-17-7-3-4-8-21-17/h3-12H,2H2,1H3,(H,24,26)(H,21,23,25). The van der Waals surface area contributed by atoms with Crippen molar-refractivity contribution in [3.05, 3.63) is 71.5 Å². The topological polar surface area (TPSA) is 92.8 Å². The van der Waals surface area contributed by atoms with Gasteiger partial charge in [0.05, 0.1) is 12.0 Å². The summed E-state index contributed by atoms with van der Waals surface area (Å²) in [4.78, 5) is 28.1. The third-order valence-electron chi connectivity index (χ3n) is 4.03. The lowest BCUT2D eigenvalue weighted by Crippen LogP contribution is -2.08. The number of nitrogens with zero attached hydrogens (tertiary/aromatic N) is 3. The molecular formula is C20H17N5O2. The second-order valence-electron chi connectivity index (χ2n) is 5.77. The number of hydrogen-bond donors (Lipinski definition) is 2. The zero-order chi connectivity index (χ0) is 18.6. The van der Waals surface area contributed by atoms with E-state index in [9.17, 15) is 4.79 Å². The highest BCUT2D eigenvalue weighted by Crippen LogP contribution is 2.32. The third kappa shape index (κ3) is 3.35. The van der Waals surface area contributed by atoms with E-state index in [1.54, 1.807) is 24.8 Å². The minimum atomic E-state index is -0.209. The van der Waals surface area contributed by atoms with E-state index >= 15 is 0 Å². The third-order valence-corrected chi connectivity index (χ3v) is 4.03. The Morgan fingerprint density at radius 3 is 2.74 bits per heavy atom. The molecule has 134 valence electrons. The van der Waals surface area contributed by atoms with Crippen molar-refractivity contribution in [2.45, 2.75) is 6.92 Å². The molecule has 4 aromatic rings. The summed E-state index contributed by atoms with van der Waals surface area (Å²) in [6.45, 7) is 2.44. The zero-order valence-corrected chi connectivity index (χ0v) is 14.6. The molecule has 0 bridgehead atoms. The van der Waals surface area contributed by atoms with Gasteiger partial charge in [0.1, 0.15) is 23.1 Å². The van der Waals surface area contributed by atoms with Crippen LogP contribution in [0.5, 0.6) is 5.75 Å². The molecule has 4 heterocycles. The molecule has 0 saturated heterocycles. The number of rotatable bonds is 5. The molecule has 0 aliphatic carbocycles. The van der Waals surface area contributed by atoms with Crippen molar-refractivity contribution in [3.63, 3.8) is 0 Å². The van der Waals surface area contributed by atoms with E-state index in [1.807, 2.05) is 43.3 Å². The number of pyridine rings is 4. The SMILES string of the molecule is CCOc1cccnc1-c1c[nH]c(=O)c2cnc(Nc3ccccn3)cc12. The first-order chi connectivity index (χ1) is 13.3.